The summed E-state index contributed by atoms with van der Waals surface area (Å²) < 4.78 is 25.0. The minimum Gasteiger partial charge on any atom is -0.318 e. The van der Waals surface area contributed by atoms with Crippen LogP contribution in [0.5, 0.6) is 0 Å². The second kappa shape index (κ2) is 8.95. The molecule has 0 unspecified atom stereocenters. The van der Waals surface area contributed by atoms with E-state index in [0.717, 1.165) is 39.3 Å². The Kier molecular flexibility index (Phi) is 6.18. The van der Waals surface area contributed by atoms with E-state index in [1.54, 1.807) is 42.5 Å². The van der Waals surface area contributed by atoms with Crippen LogP contribution in [0.4, 0.5) is 4.79 Å². The van der Waals surface area contributed by atoms with Gasteiger partial charge in [0.2, 0.25) is 10.0 Å². The van der Waals surface area contributed by atoms with Crippen LogP contribution in [0.25, 0.3) is 11.8 Å². The average molecular weight is 493 g/mol. The molecule has 172 valence electrons. The zero-order chi connectivity index (χ0) is 24.6. The molecule has 1 aliphatic heterocycles. The molecule has 0 aliphatic carbocycles. The fraction of sp³-hybridized carbons (Fsp3) is 0.125. The van der Waals surface area contributed by atoms with Crippen LogP contribution in [0.1, 0.15) is 28.1 Å². The highest BCUT2D eigenvalue weighted by Crippen LogP contribution is 2.35. The molecule has 3 aromatic rings. The number of hydrogen-bond donors (Lipinski definition) is 1. The number of carbonyl (C=O) groups is 2. The first kappa shape index (κ1) is 23.5. The first-order valence-corrected chi connectivity index (χ1v) is 12.5. The van der Waals surface area contributed by atoms with Crippen molar-refractivity contribution in [3.05, 3.63) is 87.6 Å². The zero-order valence-electron chi connectivity index (χ0n) is 18.3. The number of rotatable bonds is 5. The largest absolute Gasteiger partial charge is 0.318 e. The Morgan fingerprint density at radius 1 is 1.09 bits per heavy atom. The quantitative estimate of drug-likeness (QED) is 0.539. The van der Waals surface area contributed by atoms with Gasteiger partial charge in [0.25, 0.3) is 11.1 Å². The van der Waals surface area contributed by atoms with Crippen LogP contribution in [0.2, 0.25) is 0 Å². The van der Waals surface area contributed by atoms with Crippen LogP contribution in [-0.4, -0.2) is 29.0 Å². The molecule has 2 heterocycles. The summed E-state index contributed by atoms with van der Waals surface area (Å²) in [5.74, 6) is -0.412. The molecule has 2 amide bonds. The third kappa shape index (κ3) is 4.41. The van der Waals surface area contributed by atoms with E-state index in [0.29, 0.717) is 16.0 Å². The molecule has 0 saturated carbocycles. The third-order valence-corrected chi connectivity index (χ3v) is 7.36. The van der Waals surface area contributed by atoms with Crippen molar-refractivity contribution in [3.63, 3.8) is 0 Å². The molecule has 0 radical (unpaired) electrons. The second-order valence-corrected chi connectivity index (χ2v) is 10.3. The van der Waals surface area contributed by atoms with E-state index in [4.69, 9.17) is 5.14 Å². The van der Waals surface area contributed by atoms with Gasteiger partial charge in [-0.05, 0) is 79.2 Å². The zero-order valence-corrected chi connectivity index (χ0v) is 20.0. The van der Waals surface area contributed by atoms with Gasteiger partial charge in [0.1, 0.15) is 0 Å². The Morgan fingerprint density at radius 2 is 1.76 bits per heavy atom. The van der Waals surface area contributed by atoms with Crippen molar-refractivity contribution in [1.29, 1.82) is 5.26 Å². The molecule has 34 heavy (non-hydrogen) atoms. The van der Waals surface area contributed by atoms with Crippen molar-refractivity contribution >= 4 is 39.0 Å². The van der Waals surface area contributed by atoms with Crippen molar-refractivity contribution in [1.82, 2.24) is 9.47 Å². The third-order valence-electron chi connectivity index (χ3n) is 5.52. The predicted molar refractivity (Wildman–Crippen MR) is 129 cm³/mol. The molecule has 1 aromatic heterocycles. The number of thioether (sulfide) groups is 1. The molecule has 10 heteroatoms. The van der Waals surface area contributed by atoms with Gasteiger partial charge in [-0.2, -0.15) is 5.26 Å². The number of amides is 2. The standard InChI is InChI=1S/C24H20N4O4S2/c1-15-11-19(16(2)28(15)20-7-9-21(10-8-20)34(26,31)32)12-22-23(29)27(24(30)33-22)14-18-6-4-3-5-17(18)13-25/h3-12H,14H2,1-2H3,(H2,26,31,32). The average Bonchev–Trinajstić information content (AvgIpc) is 3.22. The molecule has 2 aromatic carbocycles. The van der Waals surface area contributed by atoms with Gasteiger partial charge in [-0.25, -0.2) is 13.6 Å². The second-order valence-electron chi connectivity index (χ2n) is 7.74. The number of aromatic nitrogens is 1. The molecule has 0 atom stereocenters. The van der Waals surface area contributed by atoms with Crippen LogP contribution < -0.4 is 5.14 Å². The van der Waals surface area contributed by atoms with Crippen molar-refractivity contribution in [2.75, 3.05) is 0 Å². The lowest BCUT2D eigenvalue weighted by Crippen LogP contribution is -2.27. The monoisotopic (exact) mass is 492 g/mol. The number of nitrogens with two attached hydrogens (primary N) is 1. The summed E-state index contributed by atoms with van der Waals surface area (Å²) in [5, 5.41) is 14.1. The summed E-state index contributed by atoms with van der Waals surface area (Å²) in [6.45, 7) is 3.80. The van der Waals surface area contributed by atoms with E-state index in [9.17, 15) is 23.3 Å². The maximum atomic E-state index is 13.0. The fourth-order valence-electron chi connectivity index (χ4n) is 3.83. The number of nitrogens with zero attached hydrogens (tertiary/aromatic N) is 3. The first-order valence-electron chi connectivity index (χ1n) is 10.2. The minimum atomic E-state index is -3.79. The van der Waals surface area contributed by atoms with E-state index in [2.05, 4.69) is 6.07 Å². The molecule has 8 nitrogen and oxygen atoms in total. The normalized spacial score (nSPS) is 15.2. The van der Waals surface area contributed by atoms with Crippen LogP contribution in [0.15, 0.2) is 64.4 Å². The van der Waals surface area contributed by atoms with Crippen molar-refractivity contribution in [2.24, 2.45) is 5.14 Å². The maximum absolute atomic E-state index is 13.0. The molecule has 1 aliphatic rings. The minimum absolute atomic E-state index is 0.0191. The van der Waals surface area contributed by atoms with Crippen molar-refractivity contribution < 1.29 is 18.0 Å². The molecule has 1 fully saturated rings. The van der Waals surface area contributed by atoms with E-state index >= 15 is 0 Å². The number of primary sulfonamides is 1. The highest BCUT2D eigenvalue weighted by Gasteiger charge is 2.35. The number of aryl methyl sites for hydroxylation is 1. The van der Waals surface area contributed by atoms with Crippen molar-refractivity contribution in [2.45, 2.75) is 25.3 Å². The summed E-state index contributed by atoms with van der Waals surface area (Å²) >= 11 is 0.859. The van der Waals surface area contributed by atoms with Gasteiger partial charge >= 0.3 is 0 Å². The van der Waals surface area contributed by atoms with Crippen molar-refractivity contribution in [3.8, 4) is 11.8 Å². The first-order chi connectivity index (χ1) is 16.1. The van der Waals surface area contributed by atoms with Gasteiger partial charge < -0.3 is 4.57 Å². The molecule has 1 saturated heterocycles. The van der Waals surface area contributed by atoms with Gasteiger partial charge in [0.15, 0.2) is 0 Å². The summed E-state index contributed by atoms with van der Waals surface area (Å²) in [4.78, 5) is 27.0. The molecular formula is C24H20N4O4S2. The summed E-state index contributed by atoms with van der Waals surface area (Å²) in [5.41, 5.74) is 4.22. The number of benzene rings is 2. The lowest BCUT2D eigenvalue weighted by molar-refractivity contribution is -0.123. The number of nitriles is 1. The summed E-state index contributed by atoms with van der Waals surface area (Å²) in [6, 6.07) is 17.0. The maximum Gasteiger partial charge on any atom is 0.293 e. The molecule has 0 spiro atoms. The summed E-state index contributed by atoms with van der Waals surface area (Å²) in [7, 11) is -3.79. The van der Waals surface area contributed by atoms with Crippen LogP contribution in [0, 0.1) is 25.2 Å². The summed E-state index contributed by atoms with van der Waals surface area (Å²) in [6.07, 6.45) is 1.68. The number of hydrogen-bond acceptors (Lipinski definition) is 6. The number of sulfonamides is 1. The van der Waals surface area contributed by atoms with Gasteiger partial charge in [0.05, 0.1) is 28.0 Å². The Hall–Kier alpha value is -3.65. The highest BCUT2D eigenvalue weighted by atomic mass is 32.2. The van der Waals surface area contributed by atoms with Gasteiger partial charge in [-0.15, -0.1) is 0 Å². The predicted octanol–water partition coefficient (Wildman–Crippen LogP) is 3.85. The van der Waals surface area contributed by atoms with E-state index < -0.39 is 21.2 Å². The van der Waals surface area contributed by atoms with Crippen LogP contribution >= 0.6 is 11.8 Å². The lowest BCUT2D eigenvalue weighted by atomic mass is 10.1. The van der Waals surface area contributed by atoms with Crippen LogP contribution in [-0.2, 0) is 21.4 Å². The smallest absolute Gasteiger partial charge is 0.293 e. The Morgan fingerprint density at radius 3 is 2.41 bits per heavy atom. The van der Waals surface area contributed by atoms with Gasteiger partial charge in [-0.3, -0.25) is 14.5 Å². The molecule has 0 bridgehead atoms. The Bertz CT molecular complexity index is 1500. The van der Waals surface area contributed by atoms with E-state index in [1.165, 1.54) is 12.1 Å². The highest BCUT2D eigenvalue weighted by molar-refractivity contribution is 8.18. The topological polar surface area (TPSA) is 126 Å². The SMILES string of the molecule is Cc1cc(C=C2SC(=O)N(Cc3ccccc3C#N)C2=O)c(C)n1-c1ccc(S(N)(=O)=O)cc1. The lowest BCUT2D eigenvalue weighted by Gasteiger charge is -2.13. The Labute approximate surface area is 201 Å². The Balaban J connectivity index is 1.63. The molecule has 4 rings (SSSR count). The van der Waals surface area contributed by atoms with Gasteiger partial charge in [0, 0.05) is 17.1 Å². The van der Waals surface area contributed by atoms with Gasteiger partial charge in [-0.1, -0.05) is 18.2 Å². The number of imide groups is 1. The molecule has 2 N–H and O–H groups in total. The number of carbonyl (C=O) groups excluding carboxylic acids is 2. The van der Waals surface area contributed by atoms with Crippen LogP contribution in [0.3, 0.4) is 0 Å². The molecular weight excluding hydrogens is 472 g/mol. The fourth-order valence-corrected chi connectivity index (χ4v) is 5.18. The van der Waals surface area contributed by atoms with E-state index in [1.807, 2.05) is 24.5 Å². The van der Waals surface area contributed by atoms with E-state index in [-0.39, 0.29) is 11.4 Å².